The van der Waals surface area contributed by atoms with Crippen LogP contribution in [0.2, 0.25) is 5.02 Å². The average molecular weight is 363 g/mol. The van der Waals surface area contributed by atoms with Crippen LogP contribution in [0.4, 0.5) is 0 Å². The maximum Gasteiger partial charge on any atom is 0.331 e. The molecule has 1 N–H and O–H groups in total. The van der Waals surface area contributed by atoms with E-state index >= 15 is 0 Å². The minimum atomic E-state index is -0.983. The molecule has 0 radical (unpaired) electrons. The van der Waals surface area contributed by atoms with E-state index in [0.717, 1.165) is 24.8 Å². The van der Waals surface area contributed by atoms with Crippen LogP contribution in [0, 0.1) is 0 Å². The molecule has 0 bridgehead atoms. The zero-order valence-corrected chi connectivity index (χ0v) is 14.6. The Kier molecular flexibility index (Phi) is 5.08. The first-order valence-corrected chi connectivity index (χ1v) is 8.55. The smallest absolute Gasteiger partial charge is 0.331 e. The fourth-order valence-electron chi connectivity index (χ4n) is 3.14. The normalized spacial score (nSPS) is 16.2. The molecular weight excluding hydrogens is 344 g/mol. The first-order chi connectivity index (χ1) is 12.0. The summed E-state index contributed by atoms with van der Waals surface area (Å²) in [6.45, 7) is 0. The third-order valence-electron chi connectivity index (χ3n) is 4.51. The summed E-state index contributed by atoms with van der Waals surface area (Å²) in [5.74, 6) is -0.407. The predicted molar refractivity (Wildman–Crippen MR) is 92.2 cm³/mol. The second-order valence-electron chi connectivity index (χ2n) is 6.17. The van der Waals surface area contributed by atoms with Crippen molar-refractivity contribution in [3.8, 4) is 11.3 Å². The molecule has 1 aromatic carbocycles. The molecule has 2 aromatic rings. The van der Waals surface area contributed by atoms with Crippen LogP contribution in [0.1, 0.15) is 42.6 Å². The molecule has 0 saturated heterocycles. The Bertz CT molecular complexity index is 764. The van der Waals surface area contributed by atoms with Crippen LogP contribution in [0.25, 0.3) is 11.3 Å². The van der Waals surface area contributed by atoms with E-state index in [9.17, 15) is 9.59 Å². The molecule has 0 aliphatic heterocycles. The minimum Gasteiger partial charge on any atom is -0.467 e. The molecule has 1 amide bonds. The summed E-state index contributed by atoms with van der Waals surface area (Å²) in [7, 11) is 1.33. The number of halogens is 1. The van der Waals surface area contributed by atoms with Gasteiger partial charge >= 0.3 is 5.97 Å². The summed E-state index contributed by atoms with van der Waals surface area (Å²) in [5.41, 5.74) is -0.0983. The predicted octanol–water partition coefficient (Wildman–Crippen LogP) is 3.60. The molecule has 1 heterocycles. The fraction of sp³-hybridized carbons (Fsp3) is 0.389. The number of methoxy groups -OCH3 is 1. The molecule has 1 aliphatic rings. The highest BCUT2D eigenvalue weighted by Gasteiger charge is 2.42. The highest BCUT2D eigenvalue weighted by Crippen LogP contribution is 2.30. The number of amides is 1. The van der Waals surface area contributed by atoms with Gasteiger partial charge in [-0.05, 0) is 37.1 Å². The van der Waals surface area contributed by atoms with Crippen molar-refractivity contribution < 1.29 is 18.8 Å². The fourth-order valence-corrected chi connectivity index (χ4v) is 3.27. The zero-order chi connectivity index (χ0) is 17.9. The number of aromatic nitrogens is 1. The molecule has 0 unspecified atom stereocenters. The number of ether oxygens (including phenoxy) is 1. The highest BCUT2D eigenvalue weighted by atomic mass is 35.5. The number of carbonyl (C=O) groups excluding carboxylic acids is 2. The van der Waals surface area contributed by atoms with Crippen LogP contribution >= 0.6 is 11.6 Å². The summed E-state index contributed by atoms with van der Waals surface area (Å²) in [6, 6.07) is 8.57. The lowest BCUT2D eigenvalue weighted by atomic mass is 9.81. The number of nitrogens with one attached hydrogen (secondary N) is 1. The van der Waals surface area contributed by atoms with E-state index in [0.29, 0.717) is 23.6 Å². The molecule has 0 spiro atoms. The van der Waals surface area contributed by atoms with Crippen LogP contribution in [-0.2, 0) is 9.53 Å². The van der Waals surface area contributed by atoms with Crippen LogP contribution in [-0.4, -0.2) is 29.7 Å². The lowest BCUT2D eigenvalue weighted by molar-refractivity contribution is -0.149. The van der Waals surface area contributed by atoms with Crippen molar-refractivity contribution in [2.24, 2.45) is 0 Å². The first kappa shape index (κ1) is 17.5. The van der Waals surface area contributed by atoms with E-state index in [4.69, 9.17) is 20.9 Å². The summed E-state index contributed by atoms with van der Waals surface area (Å²) in [5, 5.41) is 7.25. The molecule has 1 aromatic heterocycles. The third-order valence-corrected chi connectivity index (χ3v) is 4.76. The van der Waals surface area contributed by atoms with E-state index < -0.39 is 17.4 Å². The van der Waals surface area contributed by atoms with Gasteiger partial charge in [0.1, 0.15) is 5.54 Å². The Hall–Kier alpha value is -2.34. The molecule has 1 aliphatic carbocycles. The van der Waals surface area contributed by atoms with Crippen molar-refractivity contribution in [1.29, 1.82) is 0 Å². The highest BCUT2D eigenvalue weighted by molar-refractivity contribution is 6.30. The van der Waals surface area contributed by atoms with Crippen molar-refractivity contribution in [3.63, 3.8) is 0 Å². The quantitative estimate of drug-likeness (QED) is 0.840. The van der Waals surface area contributed by atoms with Crippen LogP contribution in [0.15, 0.2) is 34.9 Å². The lowest BCUT2D eigenvalue weighted by Gasteiger charge is -2.34. The van der Waals surface area contributed by atoms with Gasteiger partial charge in [0, 0.05) is 16.7 Å². The van der Waals surface area contributed by atoms with E-state index in [-0.39, 0.29) is 5.69 Å². The summed E-state index contributed by atoms with van der Waals surface area (Å²) in [6.07, 6.45) is 3.90. The maximum absolute atomic E-state index is 12.6. The molecular formula is C18H19ClN2O4. The van der Waals surface area contributed by atoms with Gasteiger partial charge in [-0.15, -0.1) is 0 Å². The molecule has 25 heavy (non-hydrogen) atoms. The van der Waals surface area contributed by atoms with E-state index in [2.05, 4.69) is 10.5 Å². The molecule has 1 saturated carbocycles. The van der Waals surface area contributed by atoms with Gasteiger partial charge in [-0.25, -0.2) is 4.79 Å². The van der Waals surface area contributed by atoms with Crippen molar-refractivity contribution >= 4 is 23.5 Å². The number of benzene rings is 1. The number of hydrogen-bond donors (Lipinski definition) is 1. The third kappa shape index (κ3) is 3.69. The van der Waals surface area contributed by atoms with Crippen LogP contribution in [0.5, 0.6) is 0 Å². The lowest BCUT2D eigenvalue weighted by Crippen LogP contribution is -2.56. The van der Waals surface area contributed by atoms with Gasteiger partial charge in [-0.1, -0.05) is 36.0 Å². The number of rotatable bonds is 4. The molecule has 6 nitrogen and oxygen atoms in total. The molecule has 7 heteroatoms. The van der Waals surface area contributed by atoms with Gasteiger partial charge in [0.25, 0.3) is 5.91 Å². The Balaban J connectivity index is 1.78. The summed E-state index contributed by atoms with van der Waals surface area (Å²) in [4.78, 5) is 24.8. The average Bonchev–Trinajstić information content (AvgIpc) is 3.12. The van der Waals surface area contributed by atoms with Gasteiger partial charge in [-0.3, -0.25) is 4.79 Å². The Morgan fingerprint density at radius 1 is 1.20 bits per heavy atom. The molecule has 0 atom stereocenters. The van der Waals surface area contributed by atoms with E-state index in [1.165, 1.54) is 7.11 Å². The second kappa shape index (κ2) is 7.27. The van der Waals surface area contributed by atoms with Crippen molar-refractivity contribution in [2.75, 3.05) is 7.11 Å². The van der Waals surface area contributed by atoms with Gasteiger partial charge in [-0.2, -0.15) is 0 Å². The molecule has 132 valence electrons. The standard InChI is InChI=1S/C18H19ClN2O4/c1-24-17(23)18(9-3-2-4-10-18)20-16(22)14-11-15(25-21-14)12-5-7-13(19)8-6-12/h5-8,11H,2-4,9-10H2,1H3,(H,20,22). The Morgan fingerprint density at radius 2 is 1.88 bits per heavy atom. The second-order valence-corrected chi connectivity index (χ2v) is 6.61. The van der Waals surface area contributed by atoms with Crippen LogP contribution in [0.3, 0.4) is 0 Å². The number of nitrogens with zero attached hydrogens (tertiary/aromatic N) is 1. The Morgan fingerprint density at radius 3 is 2.52 bits per heavy atom. The minimum absolute atomic E-state index is 0.124. The first-order valence-electron chi connectivity index (χ1n) is 8.18. The summed E-state index contributed by atoms with van der Waals surface area (Å²) < 4.78 is 10.2. The van der Waals surface area contributed by atoms with Crippen molar-refractivity contribution in [3.05, 3.63) is 41.0 Å². The number of esters is 1. The summed E-state index contributed by atoms with van der Waals surface area (Å²) >= 11 is 5.87. The van der Waals surface area contributed by atoms with Gasteiger partial charge in [0.05, 0.1) is 7.11 Å². The van der Waals surface area contributed by atoms with E-state index in [1.807, 2.05) is 0 Å². The largest absolute Gasteiger partial charge is 0.467 e. The maximum atomic E-state index is 12.6. The van der Waals surface area contributed by atoms with Gasteiger partial charge in [0.15, 0.2) is 11.5 Å². The molecule has 3 rings (SSSR count). The van der Waals surface area contributed by atoms with E-state index in [1.54, 1.807) is 30.3 Å². The number of hydrogen-bond acceptors (Lipinski definition) is 5. The monoisotopic (exact) mass is 362 g/mol. The zero-order valence-electron chi connectivity index (χ0n) is 13.9. The Labute approximate surface area is 150 Å². The van der Waals surface area contributed by atoms with Crippen molar-refractivity contribution in [1.82, 2.24) is 10.5 Å². The van der Waals surface area contributed by atoms with Crippen LogP contribution < -0.4 is 5.32 Å². The molecule has 1 fully saturated rings. The SMILES string of the molecule is COC(=O)C1(NC(=O)c2cc(-c3ccc(Cl)cc3)on2)CCCCC1. The number of carbonyl (C=O) groups is 2. The van der Waals surface area contributed by atoms with Crippen molar-refractivity contribution in [2.45, 2.75) is 37.6 Å². The van der Waals surface area contributed by atoms with Gasteiger partial charge < -0.3 is 14.6 Å². The topological polar surface area (TPSA) is 81.4 Å². The van der Waals surface area contributed by atoms with Gasteiger partial charge in [0.2, 0.25) is 0 Å².